The molecule has 64 valence electrons. The minimum atomic E-state index is -3.42. The Kier molecular flexibility index (Phi) is 2.15. The first-order valence-electron chi connectivity index (χ1n) is 3.14. The zero-order valence-electron chi connectivity index (χ0n) is 6.03. The molecule has 1 atom stereocenters. The van der Waals surface area contributed by atoms with Gasteiger partial charge in [0.05, 0.1) is 7.11 Å². The SMILES string of the molecule is COC(=O)C1CCNS1(=O)=O. The maximum absolute atomic E-state index is 11.0. The molecule has 0 aromatic rings. The lowest BCUT2D eigenvalue weighted by Gasteiger charge is -2.03. The summed E-state index contributed by atoms with van der Waals surface area (Å²) >= 11 is 0. The Hall–Kier alpha value is -0.620. The summed E-state index contributed by atoms with van der Waals surface area (Å²) in [7, 11) is -2.25. The molecule has 0 aliphatic carbocycles. The lowest BCUT2D eigenvalue weighted by molar-refractivity contribution is -0.140. The van der Waals surface area contributed by atoms with E-state index in [1.807, 2.05) is 0 Å². The van der Waals surface area contributed by atoms with Crippen molar-refractivity contribution < 1.29 is 17.9 Å². The number of esters is 1. The lowest BCUT2D eigenvalue weighted by Crippen LogP contribution is -2.30. The summed E-state index contributed by atoms with van der Waals surface area (Å²) in [6, 6.07) is 0. The average molecular weight is 179 g/mol. The number of methoxy groups -OCH3 is 1. The van der Waals surface area contributed by atoms with Crippen molar-refractivity contribution in [1.29, 1.82) is 0 Å². The van der Waals surface area contributed by atoms with Crippen LogP contribution in [0.5, 0.6) is 0 Å². The van der Waals surface area contributed by atoms with Gasteiger partial charge in [0, 0.05) is 6.54 Å². The van der Waals surface area contributed by atoms with E-state index >= 15 is 0 Å². The van der Waals surface area contributed by atoms with Gasteiger partial charge in [0.25, 0.3) is 0 Å². The van der Waals surface area contributed by atoms with E-state index in [0.717, 1.165) is 0 Å². The molecular formula is C5H9NO4S. The van der Waals surface area contributed by atoms with Gasteiger partial charge in [-0.2, -0.15) is 0 Å². The van der Waals surface area contributed by atoms with Gasteiger partial charge in [0.2, 0.25) is 10.0 Å². The number of hydrogen-bond acceptors (Lipinski definition) is 4. The first-order valence-corrected chi connectivity index (χ1v) is 4.69. The second kappa shape index (κ2) is 2.78. The zero-order chi connectivity index (χ0) is 8.48. The second-order valence-electron chi connectivity index (χ2n) is 2.24. The van der Waals surface area contributed by atoms with Crippen LogP contribution in [0.2, 0.25) is 0 Å². The number of carbonyl (C=O) groups excluding carboxylic acids is 1. The van der Waals surface area contributed by atoms with Crippen LogP contribution in [0.4, 0.5) is 0 Å². The molecule has 1 rings (SSSR count). The van der Waals surface area contributed by atoms with E-state index in [1.54, 1.807) is 0 Å². The van der Waals surface area contributed by atoms with Gasteiger partial charge in [-0.05, 0) is 6.42 Å². The van der Waals surface area contributed by atoms with Crippen LogP contribution in [0.3, 0.4) is 0 Å². The van der Waals surface area contributed by atoms with Crippen LogP contribution in [0.25, 0.3) is 0 Å². The monoisotopic (exact) mass is 179 g/mol. The number of rotatable bonds is 1. The number of nitrogens with one attached hydrogen (secondary N) is 1. The van der Waals surface area contributed by atoms with Gasteiger partial charge < -0.3 is 4.74 Å². The third-order valence-corrected chi connectivity index (χ3v) is 3.33. The van der Waals surface area contributed by atoms with E-state index in [4.69, 9.17) is 0 Å². The molecule has 6 heteroatoms. The summed E-state index contributed by atoms with van der Waals surface area (Å²) < 4.78 is 28.4. The smallest absolute Gasteiger partial charge is 0.325 e. The summed E-state index contributed by atoms with van der Waals surface area (Å²) in [6.45, 7) is 0.322. The summed E-state index contributed by atoms with van der Waals surface area (Å²) in [5.74, 6) is -0.685. The molecule has 0 saturated carbocycles. The van der Waals surface area contributed by atoms with E-state index in [1.165, 1.54) is 7.11 Å². The van der Waals surface area contributed by atoms with Crippen LogP contribution in [0.1, 0.15) is 6.42 Å². The number of ether oxygens (including phenoxy) is 1. The predicted molar refractivity (Wildman–Crippen MR) is 37.3 cm³/mol. The highest BCUT2D eigenvalue weighted by Gasteiger charge is 2.37. The Morgan fingerprint density at radius 3 is 2.64 bits per heavy atom. The molecule has 0 aromatic heterocycles. The van der Waals surface area contributed by atoms with E-state index in [0.29, 0.717) is 13.0 Å². The van der Waals surface area contributed by atoms with Gasteiger partial charge in [0.1, 0.15) is 0 Å². The van der Waals surface area contributed by atoms with E-state index in [9.17, 15) is 13.2 Å². The molecule has 0 radical (unpaired) electrons. The van der Waals surface area contributed by atoms with E-state index in [2.05, 4.69) is 9.46 Å². The molecule has 1 heterocycles. The fourth-order valence-corrected chi connectivity index (χ4v) is 2.35. The second-order valence-corrected chi connectivity index (χ2v) is 4.19. The molecule has 1 N–H and O–H groups in total. The Balaban J connectivity index is 2.82. The van der Waals surface area contributed by atoms with Crippen molar-refractivity contribution in [2.24, 2.45) is 0 Å². The Morgan fingerprint density at radius 2 is 2.27 bits per heavy atom. The molecule has 0 spiro atoms. The lowest BCUT2D eigenvalue weighted by atomic mass is 10.3. The van der Waals surface area contributed by atoms with Crippen LogP contribution in [0.15, 0.2) is 0 Å². The fourth-order valence-electron chi connectivity index (χ4n) is 0.964. The third-order valence-electron chi connectivity index (χ3n) is 1.55. The normalized spacial score (nSPS) is 28.3. The van der Waals surface area contributed by atoms with Crippen molar-refractivity contribution in [3.8, 4) is 0 Å². The van der Waals surface area contributed by atoms with Gasteiger partial charge in [-0.25, -0.2) is 13.1 Å². The van der Waals surface area contributed by atoms with Crippen LogP contribution < -0.4 is 4.72 Å². The summed E-state index contributed by atoms with van der Waals surface area (Å²) in [6.07, 6.45) is 0.301. The minimum Gasteiger partial charge on any atom is -0.468 e. The van der Waals surface area contributed by atoms with E-state index < -0.39 is 21.2 Å². The topological polar surface area (TPSA) is 72.5 Å². The maximum atomic E-state index is 11.0. The standard InChI is InChI=1S/C5H9NO4S/c1-10-5(7)4-2-3-6-11(4,8)9/h4,6H,2-3H2,1H3. The van der Waals surface area contributed by atoms with Gasteiger partial charge in [0.15, 0.2) is 5.25 Å². The predicted octanol–water partition coefficient (Wildman–Crippen LogP) is -1.15. The highest BCUT2D eigenvalue weighted by Crippen LogP contribution is 2.12. The first-order chi connectivity index (χ1) is 5.08. The molecule has 0 aromatic carbocycles. The molecule has 5 nitrogen and oxygen atoms in total. The summed E-state index contributed by atoms with van der Waals surface area (Å²) in [4.78, 5) is 10.8. The zero-order valence-corrected chi connectivity index (χ0v) is 6.85. The molecule has 1 aliphatic rings. The van der Waals surface area contributed by atoms with Crippen LogP contribution >= 0.6 is 0 Å². The van der Waals surface area contributed by atoms with Crippen molar-refractivity contribution in [2.75, 3.05) is 13.7 Å². The van der Waals surface area contributed by atoms with Crippen molar-refractivity contribution in [3.05, 3.63) is 0 Å². The largest absolute Gasteiger partial charge is 0.468 e. The quantitative estimate of drug-likeness (QED) is 0.516. The van der Waals surface area contributed by atoms with Crippen molar-refractivity contribution in [3.63, 3.8) is 0 Å². The van der Waals surface area contributed by atoms with Crippen molar-refractivity contribution in [1.82, 2.24) is 4.72 Å². The van der Waals surface area contributed by atoms with Gasteiger partial charge in [-0.15, -0.1) is 0 Å². The van der Waals surface area contributed by atoms with E-state index in [-0.39, 0.29) is 0 Å². The van der Waals surface area contributed by atoms with Crippen LogP contribution in [-0.2, 0) is 19.6 Å². The maximum Gasteiger partial charge on any atom is 0.325 e. The highest BCUT2D eigenvalue weighted by molar-refractivity contribution is 7.91. The fraction of sp³-hybridized carbons (Fsp3) is 0.800. The summed E-state index contributed by atoms with van der Waals surface area (Å²) in [5.41, 5.74) is 0. The van der Waals surface area contributed by atoms with Crippen molar-refractivity contribution >= 4 is 16.0 Å². The van der Waals surface area contributed by atoms with Crippen LogP contribution in [-0.4, -0.2) is 33.3 Å². The van der Waals surface area contributed by atoms with Gasteiger partial charge in [-0.3, -0.25) is 4.79 Å². The minimum absolute atomic E-state index is 0.301. The molecular weight excluding hydrogens is 170 g/mol. The summed E-state index contributed by atoms with van der Waals surface area (Å²) in [5, 5.41) is -1.01. The molecule has 1 unspecified atom stereocenters. The van der Waals surface area contributed by atoms with Gasteiger partial charge >= 0.3 is 5.97 Å². The average Bonchev–Trinajstić information content (AvgIpc) is 2.28. The Morgan fingerprint density at radius 1 is 1.64 bits per heavy atom. The van der Waals surface area contributed by atoms with Gasteiger partial charge in [-0.1, -0.05) is 0 Å². The molecule has 0 bridgehead atoms. The molecule has 1 aliphatic heterocycles. The number of carbonyl (C=O) groups is 1. The van der Waals surface area contributed by atoms with Crippen molar-refractivity contribution in [2.45, 2.75) is 11.7 Å². The number of sulfonamides is 1. The number of hydrogen-bond donors (Lipinski definition) is 1. The highest BCUT2D eigenvalue weighted by atomic mass is 32.2. The first kappa shape index (κ1) is 8.48. The molecule has 1 saturated heterocycles. The Labute approximate surface area is 64.8 Å². The molecule has 1 fully saturated rings. The third kappa shape index (κ3) is 1.51. The molecule has 0 amide bonds. The molecule has 11 heavy (non-hydrogen) atoms. The van der Waals surface area contributed by atoms with Crippen LogP contribution in [0, 0.1) is 0 Å². The Bertz CT molecular complexity index is 258.